The number of aromatic hydroxyl groups is 2. The number of nitrogens with one attached hydrogen (secondary N) is 1. The third-order valence-electron chi connectivity index (χ3n) is 2.76. The Hall–Kier alpha value is -3.00. The van der Waals surface area contributed by atoms with E-state index in [-0.39, 0.29) is 23.6 Å². The monoisotopic (exact) mass is 268 g/mol. The van der Waals surface area contributed by atoms with E-state index in [0.29, 0.717) is 5.56 Å². The van der Waals surface area contributed by atoms with Crippen LogP contribution in [0.3, 0.4) is 0 Å². The molecule has 0 atom stereocenters. The number of benzene rings is 2. The van der Waals surface area contributed by atoms with Crippen molar-refractivity contribution in [1.29, 1.82) is 5.26 Å². The van der Waals surface area contributed by atoms with E-state index in [1.807, 2.05) is 6.07 Å². The Balaban J connectivity index is 2.04. The first-order valence-electron chi connectivity index (χ1n) is 5.89. The zero-order valence-electron chi connectivity index (χ0n) is 10.5. The van der Waals surface area contributed by atoms with Crippen LogP contribution in [0, 0.1) is 11.3 Å². The van der Waals surface area contributed by atoms with Gasteiger partial charge in [-0.1, -0.05) is 12.1 Å². The minimum absolute atomic E-state index is 0.0126. The second-order valence-corrected chi connectivity index (χ2v) is 4.19. The summed E-state index contributed by atoms with van der Waals surface area (Å²) in [6.07, 6.45) is 0. The summed E-state index contributed by atoms with van der Waals surface area (Å²) in [6.45, 7) is 0.264. The average molecular weight is 268 g/mol. The van der Waals surface area contributed by atoms with Crippen LogP contribution in [0.5, 0.6) is 11.5 Å². The molecule has 2 aromatic rings. The molecule has 1 amide bonds. The van der Waals surface area contributed by atoms with Crippen molar-refractivity contribution >= 4 is 5.91 Å². The normalized spacial score (nSPS) is 9.75. The highest BCUT2D eigenvalue weighted by molar-refractivity contribution is 5.97. The molecule has 0 saturated heterocycles. The Kier molecular flexibility index (Phi) is 3.87. The number of carbonyl (C=O) groups is 1. The molecule has 0 aliphatic carbocycles. The Bertz CT molecular complexity index is 673. The molecule has 5 heteroatoms. The zero-order chi connectivity index (χ0) is 14.5. The smallest absolute Gasteiger partial charge is 0.255 e. The van der Waals surface area contributed by atoms with Gasteiger partial charge in [-0.25, -0.2) is 0 Å². The van der Waals surface area contributed by atoms with Gasteiger partial charge >= 0.3 is 0 Å². The summed E-state index contributed by atoms with van der Waals surface area (Å²) in [4.78, 5) is 11.9. The van der Waals surface area contributed by atoms with Crippen molar-refractivity contribution in [1.82, 2.24) is 5.32 Å². The quantitative estimate of drug-likeness (QED) is 0.741. The molecule has 3 N–H and O–H groups in total. The van der Waals surface area contributed by atoms with Crippen LogP contribution in [-0.4, -0.2) is 16.1 Å². The summed E-state index contributed by atoms with van der Waals surface area (Å²) in [6, 6.07) is 12.6. The van der Waals surface area contributed by atoms with Crippen LogP contribution in [-0.2, 0) is 6.54 Å². The van der Waals surface area contributed by atoms with Crippen molar-refractivity contribution in [2.75, 3.05) is 0 Å². The van der Waals surface area contributed by atoms with Gasteiger partial charge in [0, 0.05) is 6.54 Å². The molecule has 0 aliphatic heterocycles. The van der Waals surface area contributed by atoms with E-state index in [0.717, 1.165) is 5.56 Å². The van der Waals surface area contributed by atoms with E-state index < -0.39 is 5.91 Å². The predicted octanol–water partition coefficient (Wildman–Crippen LogP) is 1.90. The molecule has 20 heavy (non-hydrogen) atoms. The summed E-state index contributed by atoms with van der Waals surface area (Å²) in [5, 5.41) is 30.2. The van der Waals surface area contributed by atoms with Gasteiger partial charge in [0.15, 0.2) is 0 Å². The van der Waals surface area contributed by atoms with Gasteiger partial charge in [-0.15, -0.1) is 0 Å². The van der Waals surface area contributed by atoms with Gasteiger partial charge in [0.2, 0.25) is 0 Å². The van der Waals surface area contributed by atoms with E-state index in [1.54, 1.807) is 24.3 Å². The Morgan fingerprint density at radius 3 is 2.50 bits per heavy atom. The average Bonchev–Trinajstić information content (AvgIpc) is 2.47. The number of rotatable bonds is 3. The molecule has 0 bridgehead atoms. The number of carbonyl (C=O) groups excluding carboxylic acids is 1. The second-order valence-electron chi connectivity index (χ2n) is 4.19. The Morgan fingerprint density at radius 1 is 1.15 bits per heavy atom. The number of hydrogen-bond acceptors (Lipinski definition) is 4. The van der Waals surface area contributed by atoms with Gasteiger partial charge in [0.05, 0.1) is 17.2 Å². The first-order valence-corrected chi connectivity index (χ1v) is 5.89. The molecule has 100 valence electrons. The van der Waals surface area contributed by atoms with E-state index in [9.17, 15) is 15.0 Å². The Labute approximate surface area is 115 Å². The van der Waals surface area contributed by atoms with Gasteiger partial charge in [0.1, 0.15) is 11.5 Å². The van der Waals surface area contributed by atoms with Crippen LogP contribution >= 0.6 is 0 Å². The molecule has 0 radical (unpaired) electrons. The maximum absolute atomic E-state index is 11.9. The highest BCUT2D eigenvalue weighted by Gasteiger charge is 2.11. The lowest BCUT2D eigenvalue weighted by Gasteiger charge is -2.07. The number of phenols is 2. The lowest BCUT2D eigenvalue weighted by Crippen LogP contribution is -2.22. The van der Waals surface area contributed by atoms with Crippen LogP contribution in [0.4, 0.5) is 0 Å². The maximum atomic E-state index is 11.9. The van der Waals surface area contributed by atoms with Crippen molar-refractivity contribution in [2.24, 2.45) is 0 Å². The van der Waals surface area contributed by atoms with Gasteiger partial charge in [-0.05, 0) is 35.9 Å². The lowest BCUT2D eigenvalue weighted by molar-refractivity contribution is 0.0948. The molecule has 0 aromatic heterocycles. The van der Waals surface area contributed by atoms with E-state index in [4.69, 9.17) is 5.26 Å². The van der Waals surface area contributed by atoms with Crippen molar-refractivity contribution in [3.63, 3.8) is 0 Å². The molecule has 0 aliphatic rings. The molecule has 2 rings (SSSR count). The van der Waals surface area contributed by atoms with E-state index >= 15 is 0 Å². The molecule has 0 fully saturated rings. The fraction of sp³-hybridized carbons (Fsp3) is 0.0667. The molecular formula is C15H12N2O3. The predicted molar refractivity (Wildman–Crippen MR) is 72.1 cm³/mol. The van der Waals surface area contributed by atoms with Gasteiger partial charge in [-0.3, -0.25) is 4.79 Å². The fourth-order valence-corrected chi connectivity index (χ4v) is 1.68. The van der Waals surface area contributed by atoms with Crippen LogP contribution in [0.25, 0.3) is 0 Å². The molecule has 2 aromatic carbocycles. The van der Waals surface area contributed by atoms with Crippen molar-refractivity contribution in [3.8, 4) is 17.6 Å². The summed E-state index contributed by atoms with van der Waals surface area (Å²) < 4.78 is 0. The van der Waals surface area contributed by atoms with Crippen molar-refractivity contribution in [2.45, 2.75) is 6.54 Å². The van der Waals surface area contributed by atoms with Crippen molar-refractivity contribution in [3.05, 3.63) is 59.2 Å². The van der Waals surface area contributed by atoms with Gasteiger partial charge in [-0.2, -0.15) is 5.26 Å². The van der Waals surface area contributed by atoms with E-state index in [2.05, 4.69) is 5.32 Å². The SMILES string of the molecule is N#Cc1ccc(CNC(=O)c2cc(O)ccc2O)cc1. The minimum atomic E-state index is -0.484. The number of hydrogen-bond donors (Lipinski definition) is 3. The first kappa shape index (κ1) is 13.4. The zero-order valence-corrected chi connectivity index (χ0v) is 10.5. The number of nitriles is 1. The van der Waals surface area contributed by atoms with Crippen LogP contribution in [0.1, 0.15) is 21.5 Å². The highest BCUT2D eigenvalue weighted by Crippen LogP contribution is 2.21. The van der Waals surface area contributed by atoms with Gasteiger partial charge in [0.25, 0.3) is 5.91 Å². The Morgan fingerprint density at radius 2 is 1.85 bits per heavy atom. The third kappa shape index (κ3) is 3.06. The summed E-state index contributed by atoms with van der Waals surface area (Å²) in [5.74, 6) is -0.769. The molecule has 5 nitrogen and oxygen atoms in total. The molecular weight excluding hydrogens is 256 g/mol. The maximum Gasteiger partial charge on any atom is 0.255 e. The summed E-state index contributed by atoms with van der Waals surface area (Å²) >= 11 is 0. The number of nitrogens with zero attached hydrogens (tertiary/aromatic N) is 1. The van der Waals surface area contributed by atoms with Gasteiger partial charge < -0.3 is 15.5 Å². The minimum Gasteiger partial charge on any atom is -0.508 e. The number of phenolic OH excluding ortho intramolecular Hbond substituents is 2. The third-order valence-corrected chi connectivity index (χ3v) is 2.76. The lowest BCUT2D eigenvalue weighted by atomic mass is 10.1. The molecule has 0 heterocycles. The largest absolute Gasteiger partial charge is 0.508 e. The molecule has 0 saturated carbocycles. The molecule has 0 unspecified atom stereocenters. The highest BCUT2D eigenvalue weighted by atomic mass is 16.3. The number of amides is 1. The topological polar surface area (TPSA) is 93.4 Å². The fourth-order valence-electron chi connectivity index (χ4n) is 1.68. The van der Waals surface area contributed by atoms with Crippen molar-refractivity contribution < 1.29 is 15.0 Å². The van der Waals surface area contributed by atoms with Crippen LogP contribution in [0.2, 0.25) is 0 Å². The van der Waals surface area contributed by atoms with Crippen LogP contribution < -0.4 is 5.32 Å². The first-order chi connectivity index (χ1) is 9.60. The van der Waals surface area contributed by atoms with E-state index in [1.165, 1.54) is 18.2 Å². The molecule has 0 spiro atoms. The summed E-state index contributed by atoms with van der Waals surface area (Å²) in [5.41, 5.74) is 1.39. The second kappa shape index (κ2) is 5.76. The summed E-state index contributed by atoms with van der Waals surface area (Å²) in [7, 11) is 0. The van der Waals surface area contributed by atoms with Crippen LogP contribution in [0.15, 0.2) is 42.5 Å². The standard InChI is InChI=1S/C15H12N2O3/c16-8-10-1-3-11(4-2-10)9-17-15(20)13-7-12(18)5-6-14(13)19/h1-7,18-19H,9H2,(H,17,20).